The van der Waals surface area contributed by atoms with Crippen molar-refractivity contribution in [2.24, 2.45) is 0 Å². The molecule has 0 spiro atoms. The van der Waals surface area contributed by atoms with Gasteiger partial charge in [0.1, 0.15) is 11.6 Å². The molecule has 5 rings (SSSR count). The lowest BCUT2D eigenvalue weighted by Gasteiger charge is -2.14. The Labute approximate surface area is 222 Å². The monoisotopic (exact) mass is 542 g/mol. The van der Waals surface area contributed by atoms with Crippen molar-refractivity contribution in [3.63, 3.8) is 0 Å². The Balaban J connectivity index is 0.000000749. The molecule has 0 fully saturated rings. The molecular weight excluding hydrogens is 514 g/mol. The van der Waals surface area contributed by atoms with Crippen LogP contribution in [-0.2, 0) is 17.6 Å². The summed E-state index contributed by atoms with van der Waals surface area (Å²) in [6.07, 6.45) is 3.65. The fourth-order valence-corrected chi connectivity index (χ4v) is 5.05. The quantitative estimate of drug-likeness (QED) is 0.278. The van der Waals surface area contributed by atoms with Crippen LogP contribution in [0, 0.1) is 24.0 Å². The topological polar surface area (TPSA) is 137 Å². The summed E-state index contributed by atoms with van der Waals surface area (Å²) in [4.78, 5) is 21.2. The molecule has 38 heavy (non-hydrogen) atoms. The van der Waals surface area contributed by atoms with Gasteiger partial charge < -0.3 is 20.9 Å². The summed E-state index contributed by atoms with van der Waals surface area (Å²) in [5.74, 6) is -1.92. The second kappa shape index (κ2) is 12.1. The summed E-state index contributed by atoms with van der Waals surface area (Å²) in [6, 6.07) is 6.13. The number of pyridine rings is 1. The number of amides is 1. The number of hydrogen-bond acceptors (Lipinski definition) is 8. The Hall–Kier alpha value is -3.87. The van der Waals surface area contributed by atoms with Gasteiger partial charge >= 0.3 is 0 Å². The van der Waals surface area contributed by atoms with Crippen LogP contribution in [0.15, 0.2) is 30.5 Å². The molecule has 0 aliphatic heterocycles. The number of aryl methyl sites for hydroxylation is 2. The van der Waals surface area contributed by atoms with Crippen molar-refractivity contribution in [1.82, 2.24) is 19.7 Å². The van der Waals surface area contributed by atoms with Gasteiger partial charge in [0.2, 0.25) is 5.91 Å². The van der Waals surface area contributed by atoms with E-state index in [-0.39, 0.29) is 32.2 Å². The molecule has 4 N–H and O–H groups in total. The van der Waals surface area contributed by atoms with Gasteiger partial charge in [0.05, 0.1) is 46.4 Å². The zero-order valence-corrected chi connectivity index (χ0v) is 20.9. The van der Waals surface area contributed by atoms with Crippen molar-refractivity contribution in [2.75, 3.05) is 18.5 Å². The Kier molecular flexibility index (Phi) is 9.15. The van der Waals surface area contributed by atoms with Crippen LogP contribution in [-0.4, -0.2) is 55.3 Å². The van der Waals surface area contributed by atoms with E-state index in [4.69, 9.17) is 20.7 Å². The average Bonchev–Trinajstić information content (AvgIpc) is 3.45. The Morgan fingerprint density at radius 1 is 1.21 bits per heavy atom. The molecule has 12 heteroatoms. The smallest absolute Gasteiger partial charge is 0.223 e. The van der Waals surface area contributed by atoms with Crippen molar-refractivity contribution in [2.45, 2.75) is 34.1 Å². The molecule has 1 aromatic carbocycles. The summed E-state index contributed by atoms with van der Waals surface area (Å²) >= 11 is 1.30. The van der Waals surface area contributed by atoms with Crippen molar-refractivity contribution >= 4 is 28.6 Å². The molecule has 3 aromatic heterocycles. The third-order valence-corrected chi connectivity index (χ3v) is 6.55. The highest BCUT2D eigenvalue weighted by molar-refractivity contribution is 7.19. The van der Waals surface area contributed by atoms with Gasteiger partial charge in [-0.05, 0) is 31.9 Å². The van der Waals surface area contributed by atoms with Crippen LogP contribution in [0.25, 0.3) is 27.5 Å². The van der Waals surface area contributed by atoms with E-state index in [1.807, 2.05) is 19.1 Å². The van der Waals surface area contributed by atoms with Crippen molar-refractivity contribution in [1.29, 1.82) is 5.41 Å². The highest BCUT2D eigenvalue weighted by Crippen LogP contribution is 2.44. The number of anilines is 1. The number of carbonyl (C=O) groups is 1. The van der Waals surface area contributed by atoms with Crippen LogP contribution >= 0.6 is 11.3 Å². The first kappa shape index (κ1) is 28.7. The maximum atomic E-state index is 14.5. The number of thiazole rings is 1. The molecule has 0 atom stereocenters. The summed E-state index contributed by atoms with van der Waals surface area (Å²) in [7, 11) is 0. The molecule has 0 saturated heterocycles. The van der Waals surface area contributed by atoms with E-state index in [1.54, 1.807) is 6.20 Å². The van der Waals surface area contributed by atoms with Crippen LogP contribution in [0.4, 0.5) is 13.9 Å². The minimum absolute atomic E-state index is 0. The molecule has 0 radical (unpaired) electrons. The lowest BCUT2D eigenvalue weighted by atomic mass is 9.95. The number of fused-ring (bicyclic) bond motifs is 3. The number of nitrogens with one attached hydrogen (secondary N) is 2. The van der Waals surface area contributed by atoms with E-state index in [0.717, 1.165) is 39.5 Å². The van der Waals surface area contributed by atoms with Gasteiger partial charge in [-0.15, -0.1) is 0 Å². The van der Waals surface area contributed by atoms with Gasteiger partial charge in [0.15, 0.2) is 5.13 Å². The van der Waals surface area contributed by atoms with Gasteiger partial charge in [0, 0.05) is 48.3 Å². The number of carbonyl (C=O) groups excluding carboxylic acids is 1. The molecule has 200 valence electrons. The summed E-state index contributed by atoms with van der Waals surface area (Å²) in [5.41, 5.74) is 4.52. The minimum Gasteiger partial charge on any atom is -0.394 e. The molecule has 9 nitrogen and oxygen atoms in total. The van der Waals surface area contributed by atoms with Crippen LogP contribution in [0.1, 0.15) is 36.9 Å². The SMILES string of the molecule is C.CC(=O)Nc1nc2c(s1)-c1c(c(-c3ccc(C)nc3)nn1-c1cc(F)c(C=N)c(F)c1)CC2.OCCO. The lowest BCUT2D eigenvalue weighted by Crippen LogP contribution is -2.07. The van der Waals surface area contributed by atoms with Gasteiger partial charge in [0.25, 0.3) is 0 Å². The predicted molar refractivity (Wildman–Crippen MR) is 143 cm³/mol. The largest absolute Gasteiger partial charge is 0.394 e. The zero-order valence-electron chi connectivity index (χ0n) is 20.0. The van der Waals surface area contributed by atoms with Crippen LogP contribution in [0.5, 0.6) is 0 Å². The predicted octanol–water partition coefficient (Wildman–Crippen LogP) is 4.31. The van der Waals surface area contributed by atoms with Gasteiger partial charge in [-0.1, -0.05) is 18.8 Å². The fourth-order valence-electron chi connectivity index (χ4n) is 3.93. The van der Waals surface area contributed by atoms with Crippen LogP contribution in [0.3, 0.4) is 0 Å². The Morgan fingerprint density at radius 2 is 1.89 bits per heavy atom. The molecule has 0 unspecified atom stereocenters. The lowest BCUT2D eigenvalue weighted by molar-refractivity contribution is -0.114. The number of aliphatic hydroxyl groups is 2. The van der Waals surface area contributed by atoms with Crippen molar-refractivity contribution in [3.8, 4) is 27.5 Å². The van der Waals surface area contributed by atoms with E-state index in [1.165, 1.54) is 22.9 Å². The summed E-state index contributed by atoms with van der Waals surface area (Å²) < 4.78 is 30.6. The first-order chi connectivity index (χ1) is 17.8. The Morgan fingerprint density at radius 3 is 2.45 bits per heavy atom. The van der Waals surface area contributed by atoms with E-state index < -0.39 is 17.2 Å². The number of rotatable bonds is 5. The molecule has 0 bridgehead atoms. The number of aliphatic hydroxyl groups excluding tert-OH is 2. The third-order valence-electron chi connectivity index (χ3n) is 5.53. The molecule has 4 aromatic rings. The molecule has 0 saturated carbocycles. The highest BCUT2D eigenvalue weighted by atomic mass is 32.1. The standard InChI is InChI=1S/C23H18F2N6OS.C2H6O2.CH4/c1-11-3-4-13(10-27-11)20-15-5-6-19-22(33-23(29-19)28-12(2)32)21(15)31(30-20)14-7-17(24)16(9-26)18(25)8-14;3-1-2-4;/h3-4,7-10,26H,5-6H2,1-2H3,(H,28,29,32);3-4H,1-2H2;1H4. The zero-order chi connectivity index (χ0) is 26.7. The number of halogens is 2. The van der Waals surface area contributed by atoms with Crippen LogP contribution in [0.2, 0.25) is 0 Å². The Bertz CT molecular complexity index is 1440. The van der Waals surface area contributed by atoms with Gasteiger partial charge in [-0.3, -0.25) is 9.78 Å². The van der Waals surface area contributed by atoms with Crippen LogP contribution < -0.4 is 5.32 Å². The van der Waals surface area contributed by atoms with E-state index in [9.17, 15) is 13.6 Å². The highest BCUT2D eigenvalue weighted by Gasteiger charge is 2.30. The molecule has 1 aliphatic carbocycles. The first-order valence-corrected chi connectivity index (χ1v) is 12.1. The summed E-state index contributed by atoms with van der Waals surface area (Å²) in [5, 5.41) is 30.4. The number of benzene rings is 1. The number of aromatic nitrogens is 4. The first-order valence-electron chi connectivity index (χ1n) is 11.3. The molecular formula is C26H28F2N6O3S. The van der Waals surface area contributed by atoms with Crippen molar-refractivity contribution in [3.05, 3.63) is 64.6 Å². The number of hydrogen-bond donors (Lipinski definition) is 4. The van der Waals surface area contributed by atoms with Crippen molar-refractivity contribution < 1.29 is 23.8 Å². The second-order valence-corrected chi connectivity index (χ2v) is 9.17. The molecule has 1 amide bonds. The minimum atomic E-state index is -0.845. The second-order valence-electron chi connectivity index (χ2n) is 8.17. The maximum Gasteiger partial charge on any atom is 0.223 e. The number of nitrogens with zero attached hydrogens (tertiary/aromatic N) is 4. The molecule has 1 aliphatic rings. The third kappa shape index (κ3) is 5.67. The average molecular weight is 543 g/mol. The molecule has 3 heterocycles. The van der Waals surface area contributed by atoms with Gasteiger partial charge in [-0.25, -0.2) is 18.4 Å². The van der Waals surface area contributed by atoms with E-state index in [0.29, 0.717) is 35.6 Å². The van der Waals surface area contributed by atoms with E-state index >= 15 is 0 Å². The maximum absolute atomic E-state index is 14.5. The van der Waals surface area contributed by atoms with E-state index in [2.05, 4.69) is 15.3 Å². The fraction of sp³-hybridized carbons (Fsp3) is 0.269. The van der Waals surface area contributed by atoms with Gasteiger partial charge in [-0.2, -0.15) is 5.10 Å². The normalized spacial score (nSPS) is 11.4. The summed E-state index contributed by atoms with van der Waals surface area (Å²) in [6.45, 7) is 3.05.